The van der Waals surface area contributed by atoms with E-state index in [2.05, 4.69) is 15.4 Å². The summed E-state index contributed by atoms with van der Waals surface area (Å²) in [5, 5.41) is 7.13. The summed E-state index contributed by atoms with van der Waals surface area (Å²) in [6, 6.07) is 15.8. The Hall–Kier alpha value is -5.06. The maximum atomic E-state index is 14.3. The SMILES string of the molecule is NC(=O)C1(C(Cc2ccccc2)NC(=O)c2cccnc2-n2ccc(-c3ccc(F)cc3F)n2)OC=CO1. The van der Waals surface area contributed by atoms with Crippen molar-refractivity contribution in [3.8, 4) is 17.1 Å². The molecule has 1 unspecified atom stereocenters. The molecule has 2 aromatic carbocycles. The number of nitrogens with two attached hydrogens (primary N) is 1. The Balaban J connectivity index is 1.47. The van der Waals surface area contributed by atoms with Crippen LogP contribution in [-0.2, 0) is 20.7 Å². The number of hydrogen-bond acceptors (Lipinski definition) is 6. The molecule has 0 saturated heterocycles. The quantitative estimate of drug-likeness (QED) is 0.370. The molecule has 3 N–H and O–H groups in total. The Kier molecular flexibility index (Phi) is 6.56. The molecule has 9 nitrogen and oxygen atoms in total. The van der Waals surface area contributed by atoms with Crippen molar-refractivity contribution < 1.29 is 27.8 Å². The summed E-state index contributed by atoms with van der Waals surface area (Å²) < 4.78 is 39.9. The van der Waals surface area contributed by atoms with Crippen molar-refractivity contribution in [1.82, 2.24) is 20.1 Å². The topological polar surface area (TPSA) is 121 Å². The van der Waals surface area contributed by atoms with E-state index in [1.165, 1.54) is 47.8 Å². The van der Waals surface area contributed by atoms with Crippen LogP contribution in [-0.4, -0.2) is 38.4 Å². The highest BCUT2D eigenvalue weighted by Crippen LogP contribution is 2.28. The van der Waals surface area contributed by atoms with E-state index < -0.39 is 35.3 Å². The predicted molar refractivity (Wildman–Crippen MR) is 131 cm³/mol. The van der Waals surface area contributed by atoms with Crippen LogP contribution in [0.15, 0.2) is 91.6 Å². The lowest BCUT2D eigenvalue weighted by Crippen LogP contribution is -2.61. The Labute approximate surface area is 215 Å². The Morgan fingerprint density at radius 3 is 2.50 bits per heavy atom. The average Bonchev–Trinajstić information content (AvgIpc) is 3.60. The number of nitrogens with zero attached hydrogens (tertiary/aromatic N) is 3. The summed E-state index contributed by atoms with van der Waals surface area (Å²) in [6.07, 6.45) is 5.49. The minimum atomic E-state index is -1.97. The smallest absolute Gasteiger partial charge is 0.352 e. The molecule has 0 saturated carbocycles. The number of halogens is 2. The van der Waals surface area contributed by atoms with Crippen LogP contribution in [0.1, 0.15) is 15.9 Å². The first-order valence-corrected chi connectivity index (χ1v) is 11.5. The summed E-state index contributed by atoms with van der Waals surface area (Å²) in [4.78, 5) is 30.3. The summed E-state index contributed by atoms with van der Waals surface area (Å²) in [5.74, 6) is -4.85. The van der Waals surface area contributed by atoms with Gasteiger partial charge in [0.2, 0.25) is 0 Å². The second kappa shape index (κ2) is 10.1. The molecule has 3 heterocycles. The first kappa shape index (κ1) is 24.6. The van der Waals surface area contributed by atoms with Crippen molar-refractivity contribution in [2.24, 2.45) is 5.73 Å². The molecule has 1 aliphatic heterocycles. The van der Waals surface area contributed by atoms with Gasteiger partial charge in [-0.15, -0.1) is 0 Å². The summed E-state index contributed by atoms with van der Waals surface area (Å²) >= 11 is 0. The zero-order valence-electron chi connectivity index (χ0n) is 19.8. The number of pyridine rings is 1. The molecule has 0 bridgehead atoms. The van der Waals surface area contributed by atoms with Gasteiger partial charge in [-0.3, -0.25) is 9.59 Å². The first-order chi connectivity index (χ1) is 18.4. The molecular formula is C27H21F2N5O4. The number of ether oxygens (including phenoxy) is 2. The van der Waals surface area contributed by atoms with Crippen molar-refractivity contribution in [1.29, 1.82) is 0 Å². The average molecular weight is 517 g/mol. The van der Waals surface area contributed by atoms with E-state index in [-0.39, 0.29) is 29.1 Å². The molecule has 1 aliphatic rings. The van der Waals surface area contributed by atoms with E-state index in [9.17, 15) is 18.4 Å². The number of hydrogen-bond donors (Lipinski definition) is 2. The molecule has 0 radical (unpaired) electrons. The molecule has 4 aromatic rings. The third-order valence-corrected chi connectivity index (χ3v) is 5.98. The highest BCUT2D eigenvalue weighted by atomic mass is 19.1. The Bertz CT molecular complexity index is 1510. The van der Waals surface area contributed by atoms with Crippen molar-refractivity contribution in [3.63, 3.8) is 0 Å². The number of amides is 2. The lowest BCUT2D eigenvalue weighted by Gasteiger charge is -2.33. The minimum Gasteiger partial charge on any atom is -0.447 e. The van der Waals surface area contributed by atoms with Gasteiger partial charge in [0.15, 0.2) is 5.82 Å². The molecule has 38 heavy (non-hydrogen) atoms. The number of primary amides is 1. The van der Waals surface area contributed by atoms with Crippen molar-refractivity contribution in [3.05, 3.63) is 114 Å². The molecule has 1 atom stereocenters. The van der Waals surface area contributed by atoms with Crippen LogP contribution in [0.2, 0.25) is 0 Å². The molecular weight excluding hydrogens is 496 g/mol. The van der Waals surface area contributed by atoms with Gasteiger partial charge in [-0.05, 0) is 35.9 Å². The second-order valence-electron chi connectivity index (χ2n) is 8.40. The monoisotopic (exact) mass is 517 g/mol. The molecule has 192 valence electrons. The van der Waals surface area contributed by atoms with Crippen molar-refractivity contribution >= 4 is 11.8 Å². The molecule has 0 aliphatic carbocycles. The lowest BCUT2D eigenvalue weighted by molar-refractivity contribution is -0.182. The Morgan fingerprint density at radius 1 is 1.03 bits per heavy atom. The van der Waals surface area contributed by atoms with Gasteiger partial charge >= 0.3 is 11.7 Å². The predicted octanol–water partition coefficient (Wildman–Crippen LogP) is 3.25. The number of benzene rings is 2. The van der Waals surface area contributed by atoms with Crippen LogP contribution >= 0.6 is 0 Å². The zero-order chi connectivity index (χ0) is 26.7. The molecule has 11 heteroatoms. The molecule has 0 spiro atoms. The number of carbonyl (C=O) groups is 2. The van der Waals surface area contributed by atoms with Gasteiger partial charge in [0.25, 0.3) is 5.91 Å². The van der Waals surface area contributed by atoms with Gasteiger partial charge in [0, 0.05) is 30.4 Å². The largest absolute Gasteiger partial charge is 0.447 e. The number of nitrogens with one attached hydrogen (secondary N) is 1. The fraction of sp³-hybridized carbons (Fsp3) is 0.111. The lowest BCUT2D eigenvalue weighted by atomic mass is 9.97. The zero-order valence-corrected chi connectivity index (χ0v) is 19.8. The standard InChI is InChI=1S/C27H21F2N5O4/c28-18-8-9-19(21(29)16-18)22-10-12-34(33-22)24-20(7-4-11-31-24)25(35)32-23(15-17-5-2-1-3-6-17)27(26(30)36)37-13-14-38-27/h1-14,16,23H,15H2,(H2,30,36)(H,32,35). The van der Waals surface area contributed by atoms with Crippen LogP contribution in [0.25, 0.3) is 17.1 Å². The van der Waals surface area contributed by atoms with E-state index >= 15 is 0 Å². The molecule has 2 amide bonds. The Morgan fingerprint density at radius 2 is 1.79 bits per heavy atom. The van der Waals surface area contributed by atoms with E-state index in [1.807, 2.05) is 30.3 Å². The van der Waals surface area contributed by atoms with Crippen LogP contribution in [0.4, 0.5) is 8.78 Å². The number of rotatable bonds is 8. The maximum Gasteiger partial charge on any atom is 0.352 e. The van der Waals surface area contributed by atoms with Gasteiger partial charge in [-0.25, -0.2) is 18.4 Å². The van der Waals surface area contributed by atoms with Gasteiger partial charge in [0.1, 0.15) is 30.2 Å². The normalized spacial score (nSPS) is 14.4. The van der Waals surface area contributed by atoms with Crippen LogP contribution in [0.3, 0.4) is 0 Å². The summed E-state index contributed by atoms with van der Waals surface area (Å²) in [5.41, 5.74) is 6.84. The van der Waals surface area contributed by atoms with Crippen molar-refractivity contribution in [2.75, 3.05) is 0 Å². The number of aromatic nitrogens is 3. The molecule has 0 fully saturated rings. The fourth-order valence-electron chi connectivity index (χ4n) is 4.14. The maximum absolute atomic E-state index is 14.3. The van der Waals surface area contributed by atoms with Crippen LogP contribution in [0, 0.1) is 11.6 Å². The van der Waals surface area contributed by atoms with Crippen LogP contribution < -0.4 is 11.1 Å². The van der Waals surface area contributed by atoms with E-state index in [0.717, 1.165) is 17.7 Å². The second-order valence-corrected chi connectivity index (χ2v) is 8.40. The highest BCUT2D eigenvalue weighted by Gasteiger charge is 2.51. The molecule has 5 rings (SSSR count). The first-order valence-electron chi connectivity index (χ1n) is 11.5. The fourth-order valence-corrected chi connectivity index (χ4v) is 4.14. The van der Waals surface area contributed by atoms with Crippen molar-refractivity contribution in [2.45, 2.75) is 18.2 Å². The van der Waals surface area contributed by atoms with E-state index in [4.69, 9.17) is 15.2 Å². The van der Waals surface area contributed by atoms with E-state index in [1.54, 1.807) is 6.07 Å². The number of carbonyl (C=O) groups excluding carboxylic acids is 2. The van der Waals surface area contributed by atoms with E-state index in [0.29, 0.717) is 0 Å². The summed E-state index contributed by atoms with van der Waals surface area (Å²) in [7, 11) is 0. The van der Waals surface area contributed by atoms with Gasteiger partial charge in [-0.2, -0.15) is 5.10 Å². The summed E-state index contributed by atoms with van der Waals surface area (Å²) in [6.45, 7) is 0. The van der Waals surface area contributed by atoms with Crippen LogP contribution in [0.5, 0.6) is 0 Å². The highest BCUT2D eigenvalue weighted by molar-refractivity contribution is 5.98. The minimum absolute atomic E-state index is 0.0847. The molecule has 2 aromatic heterocycles. The third kappa shape index (κ3) is 4.69. The third-order valence-electron chi connectivity index (χ3n) is 5.98. The van der Waals surface area contributed by atoms with Gasteiger partial charge < -0.3 is 20.5 Å². The van der Waals surface area contributed by atoms with Gasteiger partial charge in [0.05, 0.1) is 11.3 Å². The van der Waals surface area contributed by atoms with Gasteiger partial charge in [-0.1, -0.05) is 30.3 Å².